The van der Waals surface area contributed by atoms with Crippen molar-refractivity contribution in [1.29, 1.82) is 0 Å². The number of aryl methyl sites for hydroxylation is 2. The van der Waals surface area contributed by atoms with Crippen LogP contribution in [0.25, 0.3) is 17.4 Å². The minimum Gasteiger partial charge on any atom is -0.457 e. The van der Waals surface area contributed by atoms with Gasteiger partial charge in [0.2, 0.25) is 0 Å². The van der Waals surface area contributed by atoms with E-state index < -0.39 is 22.8 Å². The fraction of sp³-hybridized carbons (Fsp3) is 0.0870. The number of imide groups is 2. The van der Waals surface area contributed by atoms with Crippen LogP contribution >= 0.6 is 15.9 Å². The van der Waals surface area contributed by atoms with Gasteiger partial charge in [0.1, 0.15) is 17.1 Å². The number of nitrogens with zero attached hydrogens (tertiary/aromatic N) is 2. The van der Waals surface area contributed by atoms with Gasteiger partial charge in [-0.1, -0.05) is 15.9 Å². The predicted molar refractivity (Wildman–Crippen MR) is 123 cm³/mol. The Kier molecular flexibility index (Phi) is 5.69. The van der Waals surface area contributed by atoms with Crippen molar-refractivity contribution in [2.45, 2.75) is 13.8 Å². The van der Waals surface area contributed by atoms with Crippen LogP contribution in [0, 0.1) is 24.0 Å². The molecule has 9 nitrogen and oxygen atoms in total. The summed E-state index contributed by atoms with van der Waals surface area (Å²) in [5.74, 6) is -0.994. The van der Waals surface area contributed by atoms with E-state index in [1.165, 1.54) is 18.2 Å². The van der Waals surface area contributed by atoms with Crippen LogP contribution < -0.4 is 10.2 Å². The third-order valence-corrected chi connectivity index (χ3v) is 5.99. The van der Waals surface area contributed by atoms with Gasteiger partial charge >= 0.3 is 6.03 Å². The molecule has 1 aliphatic rings. The molecule has 1 saturated heterocycles. The van der Waals surface area contributed by atoms with Gasteiger partial charge in [0, 0.05) is 22.2 Å². The molecule has 166 valence electrons. The molecule has 0 unspecified atom stereocenters. The maximum Gasteiger partial charge on any atom is 0.335 e. The number of barbiturate groups is 1. The monoisotopic (exact) mass is 509 g/mol. The number of benzene rings is 2. The highest BCUT2D eigenvalue weighted by Crippen LogP contribution is 2.30. The average molecular weight is 510 g/mol. The molecule has 0 radical (unpaired) electrons. The Balaban J connectivity index is 1.67. The predicted octanol–water partition coefficient (Wildman–Crippen LogP) is 4.90. The molecule has 4 rings (SSSR count). The minimum atomic E-state index is -0.842. The molecule has 0 aliphatic carbocycles. The second-order valence-corrected chi connectivity index (χ2v) is 8.20. The normalized spacial score (nSPS) is 15.2. The summed E-state index contributed by atoms with van der Waals surface area (Å²) in [6, 6.07) is 11.7. The van der Waals surface area contributed by atoms with Crippen molar-refractivity contribution in [3.8, 4) is 11.3 Å². The Morgan fingerprint density at radius 2 is 1.79 bits per heavy atom. The van der Waals surface area contributed by atoms with Crippen molar-refractivity contribution in [2.24, 2.45) is 0 Å². The molecule has 2 heterocycles. The summed E-state index contributed by atoms with van der Waals surface area (Å²) in [7, 11) is 0. The van der Waals surface area contributed by atoms with Gasteiger partial charge in [-0.15, -0.1) is 0 Å². The molecular formula is C23H16BrN3O6. The maximum absolute atomic E-state index is 13.0. The minimum absolute atomic E-state index is 0.0393. The van der Waals surface area contributed by atoms with Crippen LogP contribution in [0.4, 0.5) is 16.2 Å². The van der Waals surface area contributed by atoms with Crippen molar-refractivity contribution in [3.05, 3.63) is 85.6 Å². The van der Waals surface area contributed by atoms with Crippen LogP contribution in [0.2, 0.25) is 0 Å². The average Bonchev–Trinajstić information content (AvgIpc) is 3.21. The molecule has 1 fully saturated rings. The van der Waals surface area contributed by atoms with E-state index in [2.05, 4.69) is 21.2 Å². The van der Waals surface area contributed by atoms with Crippen LogP contribution in [-0.4, -0.2) is 22.8 Å². The number of furan rings is 1. The van der Waals surface area contributed by atoms with Crippen molar-refractivity contribution in [3.63, 3.8) is 0 Å². The van der Waals surface area contributed by atoms with Crippen molar-refractivity contribution in [2.75, 3.05) is 4.90 Å². The zero-order chi connectivity index (χ0) is 23.9. The summed E-state index contributed by atoms with van der Waals surface area (Å²) < 4.78 is 6.58. The van der Waals surface area contributed by atoms with Crippen LogP contribution in [-0.2, 0) is 9.59 Å². The zero-order valence-corrected chi connectivity index (χ0v) is 19.0. The number of urea groups is 1. The number of nitro benzene ring substituents is 1. The van der Waals surface area contributed by atoms with Gasteiger partial charge in [0.25, 0.3) is 17.5 Å². The van der Waals surface area contributed by atoms with E-state index >= 15 is 0 Å². The Hall–Kier alpha value is -4.05. The van der Waals surface area contributed by atoms with E-state index in [1.54, 1.807) is 43.3 Å². The van der Waals surface area contributed by atoms with E-state index in [9.17, 15) is 24.5 Å². The van der Waals surface area contributed by atoms with Crippen molar-refractivity contribution >= 4 is 51.2 Å². The first-order chi connectivity index (χ1) is 15.7. The van der Waals surface area contributed by atoms with Crippen LogP contribution in [0.1, 0.15) is 16.9 Å². The zero-order valence-electron chi connectivity index (χ0n) is 17.4. The number of hydrogen-bond acceptors (Lipinski definition) is 6. The van der Waals surface area contributed by atoms with E-state index in [-0.39, 0.29) is 17.0 Å². The topological polar surface area (TPSA) is 123 Å². The Bertz CT molecular complexity index is 1370. The first kappa shape index (κ1) is 22.2. The molecule has 1 aliphatic heterocycles. The molecule has 3 aromatic rings. The number of non-ortho nitro benzene ring substituents is 1. The quantitative estimate of drug-likeness (QED) is 0.231. The summed E-state index contributed by atoms with van der Waals surface area (Å²) in [5.41, 5.74) is 2.08. The SMILES string of the molecule is Cc1cc(N2C(=O)NC(=O)/C(=C/c3ccc(-c4ccc([N+](=O)[O-])cc4C)o3)C2=O)ccc1Br. The summed E-state index contributed by atoms with van der Waals surface area (Å²) in [5, 5.41) is 13.1. The van der Waals surface area contributed by atoms with Gasteiger partial charge in [-0.3, -0.25) is 25.0 Å². The Labute approximate surface area is 196 Å². The highest BCUT2D eigenvalue weighted by atomic mass is 79.9. The second kappa shape index (κ2) is 8.47. The number of halogens is 1. The lowest BCUT2D eigenvalue weighted by Crippen LogP contribution is -2.54. The number of carbonyl (C=O) groups is 3. The summed E-state index contributed by atoms with van der Waals surface area (Å²) in [6.07, 6.45) is 1.26. The third kappa shape index (κ3) is 4.20. The van der Waals surface area contributed by atoms with Crippen molar-refractivity contribution < 1.29 is 23.7 Å². The van der Waals surface area contributed by atoms with Crippen LogP contribution in [0.3, 0.4) is 0 Å². The molecule has 1 N–H and O–H groups in total. The summed E-state index contributed by atoms with van der Waals surface area (Å²) in [4.78, 5) is 49.2. The first-order valence-electron chi connectivity index (χ1n) is 9.68. The van der Waals surface area contributed by atoms with Crippen molar-refractivity contribution in [1.82, 2.24) is 5.32 Å². The highest BCUT2D eigenvalue weighted by Gasteiger charge is 2.37. The largest absolute Gasteiger partial charge is 0.457 e. The number of amides is 4. The number of anilines is 1. The van der Waals surface area contributed by atoms with Gasteiger partial charge in [0.15, 0.2) is 0 Å². The number of rotatable bonds is 4. The maximum atomic E-state index is 13.0. The fourth-order valence-electron chi connectivity index (χ4n) is 3.42. The third-order valence-electron chi connectivity index (χ3n) is 5.10. The molecule has 4 amide bonds. The smallest absolute Gasteiger partial charge is 0.335 e. The molecule has 10 heteroatoms. The second-order valence-electron chi connectivity index (χ2n) is 7.35. The highest BCUT2D eigenvalue weighted by molar-refractivity contribution is 9.10. The summed E-state index contributed by atoms with van der Waals surface area (Å²) in [6.45, 7) is 3.52. The van der Waals surface area contributed by atoms with Crippen LogP contribution in [0.15, 0.2) is 63.0 Å². The Morgan fingerprint density at radius 3 is 2.45 bits per heavy atom. The number of hydrogen-bond donors (Lipinski definition) is 1. The summed E-state index contributed by atoms with van der Waals surface area (Å²) >= 11 is 3.37. The molecule has 0 atom stereocenters. The molecule has 1 aromatic heterocycles. The molecular weight excluding hydrogens is 494 g/mol. The molecule has 0 spiro atoms. The Morgan fingerprint density at radius 1 is 1.03 bits per heavy atom. The van der Waals surface area contributed by atoms with E-state index in [0.29, 0.717) is 22.6 Å². The molecule has 2 aromatic carbocycles. The lowest BCUT2D eigenvalue weighted by Gasteiger charge is -2.26. The first-order valence-corrected chi connectivity index (χ1v) is 10.5. The lowest BCUT2D eigenvalue weighted by atomic mass is 10.1. The standard InChI is InChI=1S/C23H16BrN3O6/c1-12-9-15(27(31)32)3-6-17(12)20-8-5-16(33-20)11-18-21(28)25-23(30)26(22(18)29)14-4-7-19(24)13(2)10-14/h3-11H,1-2H3,(H,25,28,30)/b18-11-. The van der Waals surface area contributed by atoms with Gasteiger partial charge in [-0.05, 0) is 67.4 Å². The van der Waals surface area contributed by atoms with Gasteiger partial charge in [-0.25, -0.2) is 9.69 Å². The molecule has 0 saturated carbocycles. The van der Waals surface area contributed by atoms with E-state index in [1.807, 2.05) is 6.92 Å². The van der Waals surface area contributed by atoms with Gasteiger partial charge < -0.3 is 4.42 Å². The van der Waals surface area contributed by atoms with Gasteiger partial charge in [0.05, 0.1) is 10.6 Å². The fourth-order valence-corrected chi connectivity index (χ4v) is 3.66. The van der Waals surface area contributed by atoms with E-state index in [4.69, 9.17) is 4.42 Å². The number of nitrogens with one attached hydrogen (secondary N) is 1. The van der Waals surface area contributed by atoms with Crippen LogP contribution in [0.5, 0.6) is 0 Å². The molecule has 0 bridgehead atoms. The lowest BCUT2D eigenvalue weighted by molar-refractivity contribution is -0.384. The molecule has 33 heavy (non-hydrogen) atoms. The van der Waals surface area contributed by atoms with E-state index in [0.717, 1.165) is 14.9 Å². The number of nitro groups is 1. The van der Waals surface area contributed by atoms with Gasteiger partial charge in [-0.2, -0.15) is 0 Å². The number of carbonyl (C=O) groups excluding carboxylic acids is 3.